The second kappa shape index (κ2) is 16.4. The number of phenols is 2. The number of phenolic OH excluding ortho intramolecular Hbond substituents is 2. The highest BCUT2D eigenvalue weighted by molar-refractivity contribution is 7.88. The van der Waals surface area contributed by atoms with Crippen molar-refractivity contribution in [2.75, 3.05) is 7.11 Å². The molecule has 0 heterocycles. The predicted octanol–water partition coefficient (Wildman–Crippen LogP) is 10.2. The molecule has 4 rings (SSSR count). The van der Waals surface area contributed by atoms with Gasteiger partial charge in [-0.05, 0) is 122 Å². The maximum Gasteiger partial charge on any atom is 0.534 e. The maximum atomic E-state index is 12.6. The lowest BCUT2D eigenvalue weighted by Crippen LogP contribution is -2.29. The van der Waals surface area contributed by atoms with Gasteiger partial charge in [0, 0.05) is 10.8 Å². The molecule has 0 bridgehead atoms. The van der Waals surface area contributed by atoms with E-state index in [1.54, 1.807) is 31.2 Å². The van der Waals surface area contributed by atoms with Crippen molar-refractivity contribution in [2.24, 2.45) is 0 Å². The maximum absolute atomic E-state index is 12.6. The zero-order chi connectivity index (χ0) is 39.2. The molecule has 0 aromatic heterocycles. The van der Waals surface area contributed by atoms with Gasteiger partial charge in [0.1, 0.15) is 17.2 Å². The first-order chi connectivity index (χ1) is 24.3. The third-order valence-corrected chi connectivity index (χ3v) is 11.3. The predicted molar refractivity (Wildman–Crippen MR) is 198 cm³/mol. The summed E-state index contributed by atoms with van der Waals surface area (Å²) in [6.45, 7) is 15.5. The zero-order valence-electron chi connectivity index (χ0n) is 31.2. The first-order valence-electron chi connectivity index (χ1n) is 17.2. The summed E-state index contributed by atoms with van der Waals surface area (Å²) in [5.74, 6) is -0.165. The molecule has 7 nitrogen and oxygen atoms in total. The van der Waals surface area contributed by atoms with Crippen LogP contribution in [0.5, 0.6) is 17.2 Å². The average molecular weight is 743 g/mol. The molecule has 0 saturated carbocycles. The van der Waals surface area contributed by atoms with Crippen LogP contribution in [0.4, 0.5) is 13.2 Å². The Hall–Kier alpha value is -4.51. The van der Waals surface area contributed by atoms with Gasteiger partial charge >= 0.3 is 21.6 Å². The molecule has 0 amide bonds. The van der Waals surface area contributed by atoms with E-state index in [1.807, 2.05) is 58.0 Å². The summed E-state index contributed by atoms with van der Waals surface area (Å²) in [6, 6.07) is 21.6. The smallest absolute Gasteiger partial charge is 0.508 e. The molecule has 2 N–H and O–H groups in total. The highest BCUT2D eigenvalue weighted by Gasteiger charge is 2.48. The van der Waals surface area contributed by atoms with Gasteiger partial charge in [-0.15, -0.1) is 0 Å². The molecule has 11 heteroatoms. The molecule has 0 aliphatic carbocycles. The lowest BCUT2D eigenvalue weighted by molar-refractivity contribution is -0.0500. The van der Waals surface area contributed by atoms with Gasteiger partial charge in [-0.25, -0.2) is 4.79 Å². The Morgan fingerprint density at radius 1 is 0.615 bits per heavy atom. The molecule has 0 fully saturated rings. The van der Waals surface area contributed by atoms with Crippen LogP contribution in [0.15, 0.2) is 72.8 Å². The lowest BCUT2D eigenvalue weighted by Gasteiger charge is -2.34. The summed E-state index contributed by atoms with van der Waals surface area (Å²) in [5, 5.41) is 19.7. The standard InChI is InChI=1S/C21H26O3.C20H23F3O4S/c1-6-21(7-2,17-9-11-19(22)15(4)13-17)16-8-10-18(14(3)12-16)20(23)24-5;1-5-19(6-2,15-7-9-17(24)13(3)11-15)16-8-10-18(14(4)12-16)27-28(25,26)20(21,22)23/h8-13,22H,6-7H2,1-5H3;7-12,24H,5-6H2,1-4H3. The topological polar surface area (TPSA) is 110 Å². The number of rotatable bonds is 11. The van der Waals surface area contributed by atoms with Crippen molar-refractivity contribution in [1.29, 1.82) is 0 Å². The molecular formula is C41H49F3O7S. The van der Waals surface area contributed by atoms with E-state index in [0.717, 1.165) is 40.7 Å². The summed E-state index contributed by atoms with van der Waals surface area (Å²) < 4.78 is 69.5. The fourth-order valence-corrected chi connectivity index (χ4v) is 7.40. The van der Waals surface area contributed by atoms with Crippen LogP contribution in [-0.2, 0) is 25.7 Å². The van der Waals surface area contributed by atoms with E-state index in [-0.39, 0.29) is 28.4 Å². The van der Waals surface area contributed by atoms with E-state index >= 15 is 0 Å². The van der Waals surface area contributed by atoms with Crippen LogP contribution in [0.1, 0.15) is 108 Å². The summed E-state index contributed by atoms with van der Waals surface area (Å²) in [7, 11) is -4.32. The number of alkyl halides is 3. The van der Waals surface area contributed by atoms with Gasteiger partial charge in [-0.3, -0.25) is 0 Å². The van der Waals surface area contributed by atoms with Gasteiger partial charge in [0.25, 0.3) is 0 Å². The summed E-state index contributed by atoms with van der Waals surface area (Å²) in [6.07, 6.45) is 3.28. The van der Waals surface area contributed by atoms with E-state index in [0.29, 0.717) is 24.2 Å². The number of hydrogen-bond acceptors (Lipinski definition) is 7. The van der Waals surface area contributed by atoms with E-state index in [4.69, 9.17) is 4.74 Å². The number of halogens is 3. The monoisotopic (exact) mass is 742 g/mol. The largest absolute Gasteiger partial charge is 0.534 e. The molecule has 0 saturated heterocycles. The van der Waals surface area contributed by atoms with Crippen LogP contribution in [0.2, 0.25) is 0 Å². The Morgan fingerprint density at radius 3 is 1.31 bits per heavy atom. The SMILES string of the molecule is CCC(CC)(c1ccc(O)c(C)c1)c1ccc(C(=O)OC)c(C)c1.CCC(CC)(c1ccc(O)c(C)c1)c1ccc(OS(=O)(=O)C(F)(F)F)c(C)c1. The van der Waals surface area contributed by atoms with Crippen molar-refractivity contribution in [3.63, 3.8) is 0 Å². The molecule has 0 radical (unpaired) electrons. The minimum absolute atomic E-state index is 0.141. The Kier molecular flexibility index (Phi) is 13.3. The van der Waals surface area contributed by atoms with Crippen LogP contribution in [0.25, 0.3) is 0 Å². The van der Waals surface area contributed by atoms with E-state index in [2.05, 4.69) is 30.2 Å². The minimum atomic E-state index is -5.72. The molecule has 0 spiro atoms. The first-order valence-corrected chi connectivity index (χ1v) is 18.6. The van der Waals surface area contributed by atoms with E-state index in [9.17, 15) is 36.6 Å². The van der Waals surface area contributed by atoms with Crippen LogP contribution in [0, 0.1) is 27.7 Å². The van der Waals surface area contributed by atoms with E-state index < -0.39 is 21.0 Å². The second-order valence-electron chi connectivity index (χ2n) is 13.1. The molecule has 4 aromatic carbocycles. The van der Waals surface area contributed by atoms with Crippen molar-refractivity contribution in [3.8, 4) is 17.2 Å². The Labute approximate surface area is 305 Å². The fraction of sp³-hybridized carbons (Fsp3) is 0.390. The molecule has 4 aromatic rings. The van der Waals surface area contributed by atoms with Gasteiger partial charge in [-0.1, -0.05) is 76.2 Å². The molecule has 0 unspecified atom stereocenters. The van der Waals surface area contributed by atoms with Crippen LogP contribution in [0.3, 0.4) is 0 Å². The Morgan fingerprint density at radius 2 is 0.981 bits per heavy atom. The number of benzene rings is 4. The van der Waals surface area contributed by atoms with E-state index in [1.165, 1.54) is 31.2 Å². The summed E-state index contributed by atoms with van der Waals surface area (Å²) >= 11 is 0. The third kappa shape index (κ3) is 8.41. The summed E-state index contributed by atoms with van der Waals surface area (Å²) in [4.78, 5) is 11.8. The van der Waals surface area contributed by atoms with Crippen LogP contribution in [-0.4, -0.2) is 37.2 Å². The average Bonchev–Trinajstić information content (AvgIpc) is 3.10. The number of aryl methyl sites for hydroxylation is 4. The normalized spacial score (nSPS) is 12.2. The number of carbonyl (C=O) groups is 1. The number of carbonyl (C=O) groups excluding carboxylic acids is 1. The second-order valence-corrected chi connectivity index (χ2v) is 14.6. The van der Waals surface area contributed by atoms with Crippen LogP contribution >= 0.6 is 0 Å². The third-order valence-electron chi connectivity index (χ3n) is 10.3. The number of ether oxygens (including phenoxy) is 1. The molecular weight excluding hydrogens is 694 g/mol. The van der Waals surface area contributed by atoms with Gasteiger partial charge in [-0.2, -0.15) is 21.6 Å². The first kappa shape index (κ1) is 41.9. The number of methoxy groups -OCH3 is 1. The summed E-state index contributed by atoms with van der Waals surface area (Å²) in [5.41, 5.74) is 1.49. The van der Waals surface area contributed by atoms with Crippen molar-refractivity contribution in [3.05, 3.63) is 123 Å². The van der Waals surface area contributed by atoms with Crippen molar-refractivity contribution >= 4 is 16.1 Å². The highest BCUT2D eigenvalue weighted by atomic mass is 32.2. The molecule has 0 aliphatic rings. The fourth-order valence-electron chi connectivity index (χ4n) is 6.88. The Bertz CT molecular complexity index is 1990. The number of esters is 1. The molecule has 0 aliphatic heterocycles. The van der Waals surface area contributed by atoms with Crippen molar-refractivity contribution in [1.82, 2.24) is 0 Å². The quantitative estimate of drug-likeness (QED) is 0.0894. The van der Waals surface area contributed by atoms with Gasteiger partial charge in [0.15, 0.2) is 0 Å². The minimum Gasteiger partial charge on any atom is -0.508 e. The highest BCUT2D eigenvalue weighted by Crippen LogP contribution is 2.43. The lowest BCUT2D eigenvalue weighted by atomic mass is 9.70. The number of hydrogen-bond donors (Lipinski definition) is 2. The van der Waals surface area contributed by atoms with Gasteiger partial charge < -0.3 is 19.1 Å². The van der Waals surface area contributed by atoms with Crippen molar-refractivity contribution < 1.29 is 45.5 Å². The van der Waals surface area contributed by atoms with Crippen LogP contribution < -0.4 is 4.18 Å². The molecule has 0 atom stereocenters. The van der Waals surface area contributed by atoms with Gasteiger partial charge in [0.2, 0.25) is 0 Å². The molecule has 282 valence electrons. The zero-order valence-corrected chi connectivity index (χ0v) is 32.1. The number of aromatic hydroxyl groups is 2. The van der Waals surface area contributed by atoms with Gasteiger partial charge in [0.05, 0.1) is 12.7 Å². The Balaban J connectivity index is 0.000000284. The van der Waals surface area contributed by atoms with Crippen molar-refractivity contribution in [2.45, 2.75) is 97.4 Å². The molecule has 52 heavy (non-hydrogen) atoms.